The van der Waals surface area contributed by atoms with Crippen LogP contribution in [0, 0.1) is 17.5 Å². The molecule has 0 radical (unpaired) electrons. The fourth-order valence-corrected chi connectivity index (χ4v) is 1.00. The molecule has 0 aromatic heterocycles. The molecule has 0 fully saturated rings. The summed E-state index contributed by atoms with van der Waals surface area (Å²) in [7, 11) is 1.13. The zero-order valence-corrected chi connectivity index (χ0v) is 8.59. The lowest BCUT2D eigenvalue weighted by molar-refractivity contribution is -0.148. The number of rotatable bonds is 3. The Morgan fingerprint density at radius 3 is 2.44 bits per heavy atom. The van der Waals surface area contributed by atoms with Crippen LogP contribution in [0.5, 0.6) is 5.75 Å². The van der Waals surface area contributed by atoms with Gasteiger partial charge < -0.3 is 9.47 Å². The quantitative estimate of drug-likeness (QED) is 0.593. The number of esters is 1. The summed E-state index contributed by atoms with van der Waals surface area (Å²) in [6, 6.07) is 1.60. The van der Waals surface area contributed by atoms with Crippen LogP contribution in [0.15, 0.2) is 12.1 Å². The van der Waals surface area contributed by atoms with Gasteiger partial charge in [-0.1, -0.05) is 0 Å². The monoisotopic (exact) mass is 234 g/mol. The molecule has 0 amide bonds. The van der Waals surface area contributed by atoms with Crippen molar-refractivity contribution >= 4 is 5.97 Å². The molecule has 3 nitrogen and oxygen atoms in total. The van der Waals surface area contributed by atoms with Gasteiger partial charge in [0.25, 0.3) is 0 Å². The minimum absolute atomic E-state index is 0.545. The highest BCUT2D eigenvalue weighted by molar-refractivity contribution is 5.74. The van der Waals surface area contributed by atoms with E-state index in [0.29, 0.717) is 6.07 Å². The number of carbonyl (C=O) groups excluding carboxylic acids is 1. The van der Waals surface area contributed by atoms with Gasteiger partial charge in [0.2, 0.25) is 5.82 Å². The van der Waals surface area contributed by atoms with Gasteiger partial charge in [0, 0.05) is 0 Å². The van der Waals surface area contributed by atoms with Gasteiger partial charge in [-0.25, -0.2) is 13.6 Å². The molecule has 0 N–H and O–H groups in total. The standard InChI is InChI=1S/C10H9F3O3/c1-5(10(14)15-2)16-7-4-3-6(11)8(12)9(7)13/h3-5H,1-2H3. The highest BCUT2D eigenvalue weighted by Gasteiger charge is 2.20. The number of methoxy groups -OCH3 is 1. The predicted octanol–water partition coefficient (Wildman–Crippen LogP) is 2.04. The van der Waals surface area contributed by atoms with E-state index >= 15 is 0 Å². The van der Waals surface area contributed by atoms with Crippen molar-refractivity contribution in [2.45, 2.75) is 13.0 Å². The Balaban J connectivity index is 2.90. The topological polar surface area (TPSA) is 35.5 Å². The Kier molecular flexibility index (Phi) is 3.76. The predicted molar refractivity (Wildman–Crippen MR) is 48.4 cm³/mol. The van der Waals surface area contributed by atoms with Crippen molar-refractivity contribution in [3.8, 4) is 5.75 Å². The fourth-order valence-electron chi connectivity index (χ4n) is 1.00. The minimum Gasteiger partial charge on any atom is -0.476 e. The Morgan fingerprint density at radius 1 is 1.25 bits per heavy atom. The normalized spacial score (nSPS) is 12.1. The van der Waals surface area contributed by atoms with Gasteiger partial charge in [-0.15, -0.1) is 0 Å². The average Bonchev–Trinajstić information content (AvgIpc) is 2.28. The molecule has 88 valence electrons. The first-order valence-electron chi connectivity index (χ1n) is 4.35. The van der Waals surface area contributed by atoms with Crippen LogP contribution in [0.25, 0.3) is 0 Å². The van der Waals surface area contributed by atoms with Crippen molar-refractivity contribution in [2.75, 3.05) is 7.11 Å². The average molecular weight is 234 g/mol. The van der Waals surface area contributed by atoms with E-state index in [9.17, 15) is 18.0 Å². The first kappa shape index (κ1) is 12.4. The minimum atomic E-state index is -1.64. The third kappa shape index (κ3) is 2.44. The number of halogens is 3. The fraction of sp³-hybridized carbons (Fsp3) is 0.300. The van der Waals surface area contributed by atoms with E-state index in [2.05, 4.69) is 4.74 Å². The SMILES string of the molecule is COC(=O)C(C)Oc1ccc(F)c(F)c1F. The Morgan fingerprint density at radius 2 is 1.88 bits per heavy atom. The van der Waals surface area contributed by atoms with E-state index < -0.39 is 35.3 Å². The molecule has 0 bridgehead atoms. The Bertz CT molecular complexity index is 407. The van der Waals surface area contributed by atoms with Gasteiger partial charge >= 0.3 is 5.97 Å². The maximum absolute atomic E-state index is 13.1. The summed E-state index contributed by atoms with van der Waals surface area (Å²) in [4.78, 5) is 10.9. The summed E-state index contributed by atoms with van der Waals surface area (Å²) < 4.78 is 47.5. The molecular weight excluding hydrogens is 225 g/mol. The van der Waals surface area contributed by atoms with E-state index in [0.717, 1.165) is 13.2 Å². The van der Waals surface area contributed by atoms with E-state index in [1.165, 1.54) is 6.92 Å². The van der Waals surface area contributed by atoms with Gasteiger partial charge in [0.15, 0.2) is 23.5 Å². The highest BCUT2D eigenvalue weighted by Crippen LogP contribution is 2.22. The van der Waals surface area contributed by atoms with Gasteiger partial charge in [-0.2, -0.15) is 4.39 Å². The van der Waals surface area contributed by atoms with Crippen molar-refractivity contribution in [2.24, 2.45) is 0 Å². The molecule has 1 aromatic carbocycles. The Hall–Kier alpha value is -1.72. The van der Waals surface area contributed by atoms with Crippen LogP contribution in [-0.2, 0) is 9.53 Å². The van der Waals surface area contributed by atoms with E-state index in [4.69, 9.17) is 4.74 Å². The van der Waals surface area contributed by atoms with Crippen LogP contribution >= 0.6 is 0 Å². The number of benzene rings is 1. The summed E-state index contributed by atoms with van der Waals surface area (Å²) in [5, 5.41) is 0. The summed E-state index contributed by atoms with van der Waals surface area (Å²) >= 11 is 0. The summed E-state index contributed by atoms with van der Waals surface area (Å²) in [6.45, 7) is 1.30. The van der Waals surface area contributed by atoms with Gasteiger partial charge in [0.05, 0.1) is 7.11 Å². The summed E-state index contributed by atoms with van der Waals surface area (Å²) in [5.41, 5.74) is 0. The third-order valence-corrected chi connectivity index (χ3v) is 1.84. The van der Waals surface area contributed by atoms with Crippen molar-refractivity contribution in [1.29, 1.82) is 0 Å². The first-order chi connectivity index (χ1) is 7.47. The molecule has 0 saturated heterocycles. The number of carbonyl (C=O) groups is 1. The molecule has 0 aliphatic carbocycles. The van der Waals surface area contributed by atoms with Crippen molar-refractivity contribution in [1.82, 2.24) is 0 Å². The maximum atomic E-state index is 13.1. The van der Waals surface area contributed by atoms with Crippen LogP contribution in [0.2, 0.25) is 0 Å². The molecule has 1 rings (SSSR count). The van der Waals surface area contributed by atoms with E-state index in [1.807, 2.05) is 0 Å². The van der Waals surface area contributed by atoms with Gasteiger partial charge in [0.1, 0.15) is 0 Å². The molecule has 0 heterocycles. The number of hydrogen-bond donors (Lipinski definition) is 0. The van der Waals surface area contributed by atoms with Crippen molar-refractivity contribution in [3.05, 3.63) is 29.6 Å². The highest BCUT2D eigenvalue weighted by atomic mass is 19.2. The number of hydrogen-bond acceptors (Lipinski definition) is 3. The number of ether oxygens (including phenoxy) is 2. The molecule has 0 spiro atoms. The second-order valence-corrected chi connectivity index (χ2v) is 2.96. The van der Waals surface area contributed by atoms with Crippen molar-refractivity contribution in [3.63, 3.8) is 0 Å². The zero-order chi connectivity index (χ0) is 12.3. The van der Waals surface area contributed by atoms with Crippen LogP contribution in [-0.4, -0.2) is 19.2 Å². The molecule has 0 aliphatic rings. The molecular formula is C10H9F3O3. The smallest absolute Gasteiger partial charge is 0.346 e. The van der Waals surface area contributed by atoms with Gasteiger partial charge in [-0.3, -0.25) is 0 Å². The lowest BCUT2D eigenvalue weighted by Crippen LogP contribution is -2.25. The molecule has 0 aliphatic heterocycles. The second-order valence-electron chi connectivity index (χ2n) is 2.96. The molecule has 6 heteroatoms. The molecule has 1 unspecified atom stereocenters. The largest absolute Gasteiger partial charge is 0.476 e. The van der Waals surface area contributed by atoms with Gasteiger partial charge in [-0.05, 0) is 19.1 Å². The lowest BCUT2D eigenvalue weighted by atomic mass is 10.3. The first-order valence-corrected chi connectivity index (χ1v) is 4.35. The zero-order valence-electron chi connectivity index (χ0n) is 8.59. The van der Waals surface area contributed by atoms with Crippen LogP contribution in [0.1, 0.15) is 6.92 Å². The van der Waals surface area contributed by atoms with Crippen LogP contribution in [0.4, 0.5) is 13.2 Å². The van der Waals surface area contributed by atoms with Crippen LogP contribution in [0.3, 0.4) is 0 Å². The van der Waals surface area contributed by atoms with Crippen LogP contribution < -0.4 is 4.74 Å². The third-order valence-electron chi connectivity index (χ3n) is 1.84. The molecule has 1 atom stereocenters. The maximum Gasteiger partial charge on any atom is 0.346 e. The molecule has 1 aromatic rings. The lowest BCUT2D eigenvalue weighted by Gasteiger charge is -2.13. The van der Waals surface area contributed by atoms with Crippen molar-refractivity contribution < 1.29 is 27.4 Å². The van der Waals surface area contributed by atoms with E-state index in [-0.39, 0.29) is 0 Å². The molecule has 16 heavy (non-hydrogen) atoms. The summed E-state index contributed by atoms with van der Waals surface area (Å²) in [5.74, 6) is -5.73. The molecule has 0 saturated carbocycles. The Labute approximate surface area is 89.8 Å². The summed E-state index contributed by atoms with van der Waals surface area (Å²) in [6.07, 6.45) is -1.11. The second kappa shape index (κ2) is 4.87. The van der Waals surface area contributed by atoms with E-state index in [1.54, 1.807) is 0 Å².